The standard InChI is InChI=1S/C23H34N2O6/c1-4-7-12-24(11-6-3)21(28)19-23-10-9-16(31-23)17(22(29)30-15-8-5-2)18(23)20(27)25(19)13-14-26/h5-6,16-19,26H,2-4,7-15H2,1H3/t16-,17+,18-,19?,23?/m0/s1. The van der Waals surface area contributed by atoms with E-state index in [2.05, 4.69) is 13.2 Å². The van der Waals surface area contributed by atoms with Crippen LogP contribution in [0, 0.1) is 11.8 Å². The minimum atomic E-state index is -1.05. The average Bonchev–Trinajstić information content (AvgIpc) is 3.39. The fraction of sp³-hybridized carbons (Fsp3) is 0.696. The number of aliphatic hydroxyl groups is 1. The molecule has 2 bridgehead atoms. The number of rotatable bonds is 12. The molecule has 0 saturated carbocycles. The van der Waals surface area contributed by atoms with E-state index in [1.807, 2.05) is 6.92 Å². The van der Waals surface area contributed by atoms with Crippen molar-refractivity contribution in [3.63, 3.8) is 0 Å². The van der Waals surface area contributed by atoms with Gasteiger partial charge in [0.05, 0.1) is 31.2 Å². The average molecular weight is 435 g/mol. The minimum absolute atomic E-state index is 0.0233. The number of carbonyl (C=O) groups excluding carboxylic acids is 3. The Hall–Kier alpha value is -2.19. The molecule has 3 heterocycles. The van der Waals surface area contributed by atoms with Crippen LogP contribution in [0.15, 0.2) is 25.3 Å². The van der Waals surface area contributed by atoms with Crippen LogP contribution in [0.2, 0.25) is 0 Å². The molecule has 1 spiro atoms. The number of esters is 1. The SMILES string of the molecule is C=CCCOC(=O)[C@@H]1[C@@H]2CCC3(O2)C(C(=O)N(CC=C)CCCC)N(CCO)C(=O)[C@H]13. The number of ether oxygens (including phenoxy) is 2. The first-order valence-corrected chi connectivity index (χ1v) is 11.2. The number of hydrogen-bond acceptors (Lipinski definition) is 6. The Morgan fingerprint density at radius 1 is 1.39 bits per heavy atom. The predicted molar refractivity (Wildman–Crippen MR) is 114 cm³/mol. The van der Waals surface area contributed by atoms with Crippen molar-refractivity contribution in [2.75, 3.05) is 32.8 Å². The van der Waals surface area contributed by atoms with Gasteiger partial charge in [-0.15, -0.1) is 13.2 Å². The number of aliphatic hydroxyl groups excluding tert-OH is 1. The van der Waals surface area contributed by atoms with Crippen molar-refractivity contribution < 1.29 is 29.0 Å². The largest absolute Gasteiger partial charge is 0.465 e. The third-order valence-corrected chi connectivity index (χ3v) is 6.66. The summed E-state index contributed by atoms with van der Waals surface area (Å²) in [5, 5.41) is 9.60. The molecule has 1 N–H and O–H groups in total. The smallest absolute Gasteiger partial charge is 0.312 e. The molecule has 3 saturated heterocycles. The Balaban J connectivity index is 1.92. The summed E-state index contributed by atoms with van der Waals surface area (Å²) in [6, 6.07) is -0.857. The third kappa shape index (κ3) is 4.03. The molecule has 0 aromatic carbocycles. The van der Waals surface area contributed by atoms with Gasteiger partial charge in [-0.05, 0) is 25.7 Å². The van der Waals surface area contributed by atoms with Crippen molar-refractivity contribution in [2.24, 2.45) is 11.8 Å². The summed E-state index contributed by atoms with van der Waals surface area (Å²) in [5.74, 6) is -2.47. The van der Waals surface area contributed by atoms with Gasteiger partial charge in [0, 0.05) is 19.6 Å². The number of carbonyl (C=O) groups is 3. The molecule has 0 aliphatic carbocycles. The topological polar surface area (TPSA) is 96.4 Å². The highest BCUT2D eigenvalue weighted by atomic mass is 16.6. The lowest BCUT2D eigenvalue weighted by molar-refractivity contribution is -0.155. The lowest BCUT2D eigenvalue weighted by Crippen LogP contribution is -2.56. The van der Waals surface area contributed by atoms with E-state index in [0.717, 1.165) is 12.8 Å². The van der Waals surface area contributed by atoms with E-state index in [4.69, 9.17) is 9.47 Å². The zero-order chi connectivity index (χ0) is 22.6. The van der Waals surface area contributed by atoms with E-state index >= 15 is 0 Å². The molecule has 3 rings (SSSR count). The number of nitrogens with zero attached hydrogens (tertiary/aromatic N) is 2. The molecule has 8 nitrogen and oxygen atoms in total. The maximum absolute atomic E-state index is 13.7. The van der Waals surface area contributed by atoms with Gasteiger partial charge in [-0.2, -0.15) is 0 Å². The maximum atomic E-state index is 13.7. The number of amides is 2. The van der Waals surface area contributed by atoms with Crippen LogP contribution in [0.1, 0.15) is 39.0 Å². The highest BCUT2D eigenvalue weighted by molar-refractivity contribution is 5.98. The highest BCUT2D eigenvalue weighted by Gasteiger charge is 2.74. The van der Waals surface area contributed by atoms with Crippen LogP contribution in [0.3, 0.4) is 0 Å². The molecule has 2 amide bonds. The predicted octanol–water partition coefficient (Wildman–Crippen LogP) is 1.29. The van der Waals surface area contributed by atoms with Gasteiger partial charge in [-0.1, -0.05) is 25.5 Å². The Morgan fingerprint density at radius 2 is 2.16 bits per heavy atom. The number of likely N-dealkylation sites (tertiary alicyclic amines) is 1. The molecule has 3 aliphatic heterocycles. The van der Waals surface area contributed by atoms with Crippen LogP contribution in [0.4, 0.5) is 0 Å². The Labute approximate surface area is 183 Å². The molecule has 0 radical (unpaired) electrons. The van der Waals surface area contributed by atoms with Gasteiger partial charge in [0.25, 0.3) is 0 Å². The van der Waals surface area contributed by atoms with Crippen molar-refractivity contribution in [2.45, 2.75) is 56.8 Å². The lowest BCUT2D eigenvalue weighted by Gasteiger charge is -2.36. The second-order valence-electron chi connectivity index (χ2n) is 8.48. The molecule has 172 valence electrons. The molecule has 2 unspecified atom stereocenters. The maximum Gasteiger partial charge on any atom is 0.312 e. The first kappa shape index (κ1) is 23.5. The summed E-state index contributed by atoms with van der Waals surface area (Å²) in [5.41, 5.74) is -1.05. The Morgan fingerprint density at radius 3 is 2.81 bits per heavy atom. The second kappa shape index (κ2) is 9.96. The van der Waals surface area contributed by atoms with Gasteiger partial charge < -0.3 is 24.4 Å². The molecular weight excluding hydrogens is 400 g/mol. The zero-order valence-corrected chi connectivity index (χ0v) is 18.3. The van der Waals surface area contributed by atoms with Crippen molar-refractivity contribution in [1.82, 2.24) is 9.80 Å². The minimum Gasteiger partial charge on any atom is -0.465 e. The van der Waals surface area contributed by atoms with E-state index in [1.165, 1.54) is 4.90 Å². The first-order chi connectivity index (χ1) is 15.0. The van der Waals surface area contributed by atoms with Crippen molar-refractivity contribution in [1.29, 1.82) is 0 Å². The molecule has 0 aromatic heterocycles. The van der Waals surface area contributed by atoms with Crippen LogP contribution in [0.5, 0.6) is 0 Å². The molecule has 3 aliphatic rings. The lowest BCUT2D eigenvalue weighted by atomic mass is 9.70. The van der Waals surface area contributed by atoms with Gasteiger partial charge >= 0.3 is 5.97 Å². The number of fused-ring (bicyclic) bond motifs is 1. The van der Waals surface area contributed by atoms with E-state index < -0.39 is 35.6 Å². The zero-order valence-electron chi connectivity index (χ0n) is 18.3. The van der Waals surface area contributed by atoms with Gasteiger partial charge in [0.1, 0.15) is 11.6 Å². The van der Waals surface area contributed by atoms with Crippen LogP contribution in [-0.4, -0.2) is 83.3 Å². The number of hydrogen-bond donors (Lipinski definition) is 1. The fourth-order valence-corrected chi connectivity index (χ4v) is 5.36. The summed E-state index contributed by atoms with van der Waals surface area (Å²) >= 11 is 0. The van der Waals surface area contributed by atoms with Crippen molar-refractivity contribution >= 4 is 17.8 Å². The van der Waals surface area contributed by atoms with Crippen LogP contribution < -0.4 is 0 Å². The summed E-state index contributed by atoms with van der Waals surface area (Å²) < 4.78 is 11.7. The van der Waals surface area contributed by atoms with Gasteiger partial charge in [0.2, 0.25) is 11.8 Å². The monoisotopic (exact) mass is 434 g/mol. The Bertz CT molecular complexity index is 725. The van der Waals surface area contributed by atoms with E-state index in [-0.39, 0.29) is 31.6 Å². The summed E-state index contributed by atoms with van der Waals surface area (Å²) in [7, 11) is 0. The van der Waals surface area contributed by atoms with Gasteiger partial charge in [-0.3, -0.25) is 14.4 Å². The quantitative estimate of drug-likeness (QED) is 0.282. The molecule has 0 aromatic rings. The normalized spacial score (nSPS) is 30.9. The number of unbranched alkanes of at least 4 members (excludes halogenated alkanes) is 1. The summed E-state index contributed by atoms with van der Waals surface area (Å²) in [6.45, 7) is 10.3. The van der Waals surface area contributed by atoms with Crippen molar-refractivity contribution in [3.05, 3.63) is 25.3 Å². The fourth-order valence-electron chi connectivity index (χ4n) is 5.36. The van der Waals surface area contributed by atoms with E-state index in [1.54, 1.807) is 17.1 Å². The van der Waals surface area contributed by atoms with Gasteiger partial charge in [-0.25, -0.2) is 0 Å². The number of β-amino-alcohol motifs (C(OH)–C–C–N with tert-alkyl or cyclic N) is 1. The van der Waals surface area contributed by atoms with Crippen molar-refractivity contribution in [3.8, 4) is 0 Å². The molecule has 3 fully saturated rings. The summed E-state index contributed by atoms with van der Waals surface area (Å²) in [4.78, 5) is 43.1. The second-order valence-corrected chi connectivity index (χ2v) is 8.48. The molecule has 8 heteroatoms. The Kier molecular flexibility index (Phi) is 7.54. The third-order valence-electron chi connectivity index (χ3n) is 6.66. The highest BCUT2D eigenvalue weighted by Crippen LogP contribution is 2.58. The van der Waals surface area contributed by atoms with Crippen LogP contribution in [0.25, 0.3) is 0 Å². The van der Waals surface area contributed by atoms with Crippen LogP contribution in [-0.2, 0) is 23.9 Å². The molecule has 5 atom stereocenters. The molecule has 31 heavy (non-hydrogen) atoms. The summed E-state index contributed by atoms with van der Waals surface area (Å²) in [6.07, 6.45) is 6.31. The molecular formula is C23H34N2O6. The van der Waals surface area contributed by atoms with E-state index in [9.17, 15) is 19.5 Å². The van der Waals surface area contributed by atoms with E-state index in [0.29, 0.717) is 32.4 Å². The van der Waals surface area contributed by atoms with Gasteiger partial charge in [0.15, 0.2) is 0 Å². The first-order valence-electron chi connectivity index (χ1n) is 11.2. The van der Waals surface area contributed by atoms with Crippen LogP contribution >= 0.6 is 0 Å².